The Labute approximate surface area is 176 Å². The number of rotatable bonds is 2. The van der Waals surface area contributed by atoms with Gasteiger partial charge in [0, 0.05) is 60.7 Å². The van der Waals surface area contributed by atoms with Crippen molar-refractivity contribution in [1.29, 1.82) is 0 Å². The summed E-state index contributed by atoms with van der Waals surface area (Å²) in [5, 5.41) is 2.40. The van der Waals surface area contributed by atoms with E-state index >= 15 is 0 Å². The van der Waals surface area contributed by atoms with Gasteiger partial charge in [-0.05, 0) is 25.1 Å². The van der Waals surface area contributed by atoms with Gasteiger partial charge in [0.2, 0.25) is 0 Å². The number of pyridine rings is 2. The van der Waals surface area contributed by atoms with Crippen molar-refractivity contribution in [1.82, 2.24) is 24.8 Å². The lowest BCUT2D eigenvalue weighted by Gasteiger charge is -2.41. The van der Waals surface area contributed by atoms with Crippen molar-refractivity contribution in [2.45, 2.75) is 13.0 Å². The van der Waals surface area contributed by atoms with Crippen LogP contribution in [0.25, 0.3) is 21.8 Å². The average Bonchev–Trinajstić information content (AvgIpc) is 2.78. The number of hydrogen-bond acceptors (Lipinski definition) is 6. The normalized spacial score (nSPS) is 16.7. The van der Waals surface area contributed by atoms with Crippen LogP contribution in [0.3, 0.4) is 0 Å². The number of piperazine rings is 1. The van der Waals surface area contributed by atoms with Crippen molar-refractivity contribution in [3.05, 3.63) is 75.3 Å². The first-order valence-electron chi connectivity index (χ1n) is 10.0. The second kappa shape index (κ2) is 7.35. The molecule has 0 spiro atoms. The molecule has 0 radical (unpaired) electrons. The van der Waals surface area contributed by atoms with Crippen LogP contribution in [0, 0.1) is 0 Å². The molecule has 0 aliphatic carbocycles. The van der Waals surface area contributed by atoms with Crippen molar-refractivity contribution in [3.8, 4) is 0 Å². The Morgan fingerprint density at radius 1 is 1.10 bits per heavy atom. The molecule has 1 fully saturated rings. The van der Waals surface area contributed by atoms with Gasteiger partial charge in [-0.25, -0.2) is 9.78 Å². The Bertz CT molecular complexity index is 1420. The summed E-state index contributed by atoms with van der Waals surface area (Å²) >= 11 is 0. The minimum Gasteiger partial charge on any atom is -0.367 e. The van der Waals surface area contributed by atoms with Crippen LogP contribution in [0.5, 0.6) is 0 Å². The molecule has 1 amide bonds. The minimum absolute atomic E-state index is 0.0390. The average molecular weight is 416 g/mol. The van der Waals surface area contributed by atoms with Gasteiger partial charge in [0.15, 0.2) is 0 Å². The lowest BCUT2D eigenvalue weighted by Crippen LogP contribution is -2.54. The molecule has 4 heterocycles. The molecule has 3 aromatic heterocycles. The smallest absolute Gasteiger partial charge is 0.327 e. The van der Waals surface area contributed by atoms with Gasteiger partial charge in [0.1, 0.15) is 5.65 Å². The largest absolute Gasteiger partial charge is 0.367 e. The zero-order valence-electron chi connectivity index (χ0n) is 16.8. The highest BCUT2D eigenvalue weighted by Gasteiger charge is 2.29. The van der Waals surface area contributed by atoms with Gasteiger partial charge in [-0.1, -0.05) is 12.1 Å². The summed E-state index contributed by atoms with van der Waals surface area (Å²) in [7, 11) is 0. The number of aromatic amines is 2. The van der Waals surface area contributed by atoms with E-state index in [9.17, 15) is 14.4 Å². The van der Waals surface area contributed by atoms with E-state index in [0.717, 1.165) is 16.5 Å². The maximum absolute atomic E-state index is 13.2. The van der Waals surface area contributed by atoms with Crippen molar-refractivity contribution in [2.24, 2.45) is 0 Å². The molecule has 2 N–H and O–H groups in total. The van der Waals surface area contributed by atoms with Crippen LogP contribution >= 0.6 is 0 Å². The van der Waals surface area contributed by atoms with Gasteiger partial charge in [-0.3, -0.25) is 24.5 Å². The molecule has 31 heavy (non-hydrogen) atoms. The Morgan fingerprint density at radius 2 is 1.97 bits per heavy atom. The lowest BCUT2D eigenvalue weighted by molar-refractivity contribution is 0.0674. The second-order valence-corrected chi connectivity index (χ2v) is 7.70. The topological polar surface area (TPSA) is 115 Å². The highest BCUT2D eigenvalue weighted by molar-refractivity contribution is 5.97. The van der Waals surface area contributed by atoms with Crippen LogP contribution in [0.1, 0.15) is 17.3 Å². The summed E-state index contributed by atoms with van der Waals surface area (Å²) in [6, 6.07) is 9.60. The van der Waals surface area contributed by atoms with Crippen molar-refractivity contribution in [2.75, 3.05) is 24.5 Å². The lowest BCUT2D eigenvalue weighted by atomic mass is 10.1. The first-order chi connectivity index (χ1) is 15.0. The van der Waals surface area contributed by atoms with Crippen LogP contribution < -0.4 is 16.1 Å². The molecule has 1 aliphatic rings. The van der Waals surface area contributed by atoms with Crippen molar-refractivity contribution < 1.29 is 4.79 Å². The summed E-state index contributed by atoms with van der Waals surface area (Å²) < 4.78 is 0. The van der Waals surface area contributed by atoms with Crippen molar-refractivity contribution in [3.63, 3.8) is 0 Å². The van der Waals surface area contributed by atoms with E-state index in [1.807, 2.05) is 31.3 Å². The first-order valence-corrected chi connectivity index (χ1v) is 10.0. The van der Waals surface area contributed by atoms with Crippen LogP contribution in [0.15, 0.2) is 58.5 Å². The monoisotopic (exact) mass is 416 g/mol. The summed E-state index contributed by atoms with van der Waals surface area (Å²) in [6.45, 7) is 3.92. The molecule has 0 saturated carbocycles. The number of anilines is 1. The quantitative estimate of drug-likeness (QED) is 0.512. The van der Waals surface area contributed by atoms with E-state index in [1.54, 1.807) is 11.1 Å². The van der Waals surface area contributed by atoms with E-state index in [2.05, 4.69) is 30.9 Å². The van der Waals surface area contributed by atoms with E-state index in [-0.39, 0.29) is 23.0 Å². The van der Waals surface area contributed by atoms with Gasteiger partial charge in [-0.15, -0.1) is 0 Å². The molecule has 1 aromatic carbocycles. The zero-order valence-corrected chi connectivity index (χ0v) is 16.8. The van der Waals surface area contributed by atoms with E-state index in [1.165, 1.54) is 12.3 Å². The number of benzene rings is 1. The molecule has 156 valence electrons. The number of carbonyl (C=O) groups excluding carboxylic acids is 1. The summed E-state index contributed by atoms with van der Waals surface area (Å²) in [5.74, 6) is -0.186. The Hall–Kier alpha value is -4.01. The number of nitrogens with one attached hydrogen (secondary N) is 2. The number of carbonyl (C=O) groups is 1. The summed E-state index contributed by atoms with van der Waals surface area (Å²) in [5.41, 5.74) is 0.416. The number of aromatic nitrogens is 4. The molecule has 4 aromatic rings. The zero-order chi connectivity index (χ0) is 21.5. The van der Waals surface area contributed by atoms with Gasteiger partial charge >= 0.3 is 5.69 Å². The number of H-pyrrole nitrogens is 2. The number of fused-ring (bicyclic) bond motifs is 2. The van der Waals surface area contributed by atoms with Gasteiger partial charge in [0.25, 0.3) is 11.5 Å². The minimum atomic E-state index is -0.627. The van der Waals surface area contributed by atoms with Gasteiger partial charge in [-0.2, -0.15) is 0 Å². The molecule has 1 unspecified atom stereocenters. The Kier molecular flexibility index (Phi) is 4.50. The first kappa shape index (κ1) is 19.0. The number of nitrogens with zero attached hydrogens (tertiary/aromatic N) is 4. The molecule has 1 aliphatic heterocycles. The third-order valence-corrected chi connectivity index (χ3v) is 5.73. The molecule has 1 atom stereocenters. The predicted octanol–water partition coefficient (Wildman–Crippen LogP) is 1.51. The molecule has 9 heteroatoms. The third kappa shape index (κ3) is 3.33. The van der Waals surface area contributed by atoms with Crippen molar-refractivity contribution >= 4 is 33.4 Å². The molecule has 1 saturated heterocycles. The second-order valence-electron chi connectivity index (χ2n) is 7.70. The molecule has 9 nitrogen and oxygen atoms in total. The van der Waals surface area contributed by atoms with Crippen LogP contribution in [-0.2, 0) is 0 Å². The van der Waals surface area contributed by atoms with Crippen LogP contribution in [0.4, 0.5) is 5.69 Å². The summed E-state index contributed by atoms with van der Waals surface area (Å²) in [6.07, 6.45) is 5.04. The highest BCUT2D eigenvalue weighted by Crippen LogP contribution is 2.28. The Balaban J connectivity index is 1.41. The third-order valence-electron chi connectivity index (χ3n) is 5.73. The fraction of sp³-hybridized carbons (Fsp3) is 0.227. The molecule has 5 rings (SSSR count). The summed E-state index contributed by atoms with van der Waals surface area (Å²) in [4.78, 5) is 53.6. The fourth-order valence-corrected chi connectivity index (χ4v) is 4.19. The molecule has 0 bridgehead atoms. The maximum Gasteiger partial charge on any atom is 0.327 e. The van der Waals surface area contributed by atoms with E-state index < -0.39 is 11.2 Å². The molecular weight excluding hydrogens is 396 g/mol. The van der Waals surface area contributed by atoms with Crippen LogP contribution in [0.2, 0.25) is 0 Å². The highest BCUT2D eigenvalue weighted by atomic mass is 16.2. The number of hydrogen-bond donors (Lipinski definition) is 2. The van der Waals surface area contributed by atoms with Gasteiger partial charge in [0.05, 0.1) is 10.9 Å². The SMILES string of the molecule is CC1CN(c2cccc3cnccc23)CCN1C(=O)c1cnc2[nH]c(=O)[nH]c(=O)c2c1. The number of amides is 1. The van der Waals surface area contributed by atoms with Crippen LogP contribution in [-0.4, -0.2) is 56.4 Å². The fourth-order valence-electron chi connectivity index (χ4n) is 4.19. The predicted molar refractivity (Wildman–Crippen MR) is 117 cm³/mol. The molecular formula is C22H20N6O3. The Morgan fingerprint density at radius 3 is 2.81 bits per heavy atom. The maximum atomic E-state index is 13.2. The van der Waals surface area contributed by atoms with Gasteiger partial charge < -0.3 is 9.80 Å². The van der Waals surface area contributed by atoms with E-state index in [4.69, 9.17) is 0 Å². The standard InChI is InChI=1S/C22H20N6O3/c1-13-12-27(18-4-2-3-14-10-23-6-5-16(14)18)7-8-28(13)21(30)15-9-17-19(24-11-15)25-22(31)26-20(17)29/h2-6,9-11,13H,7-8,12H2,1H3,(H2,24,25,26,29,31). The van der Waals surface area contributed by atoms with E-state index in [0.29, 0.717) is 25.2 Å².